The van der Waals surface area contributed by atoms with E-state index in [1.54, 1.807) is 0 Å². The minimum atomic E-state index is -0.678. The molecule has 0 saturated heterocycles. The summed E-state index contributed by atoms with van der Waals surface area (Å²) in [5, 5.41) is 7.27. The van der Waals surface area contributed by atoms with Crippen LogP contribution in [0, 0.1) is 0 Å². The first-order chi connectivity index (χ1) is 21.4. The quantitative estimate of drug-likeness (QED) is 0.147. The highest BCUT2D eigenvalue weighted by Crippen LogP contribution is 2.58. The van der Waals surface area contributed by atoms with Crippen LogP contribution in [0.15, 0.2) is 114 Å². The fourth-order valence-corrected chi connectivity index (χ4v) is 9.23. The number of nitrogens with zero attached hydrogens (tertiary/aromatic N) is 4. The van der Waals surface area contributed by atoms with Crippen LogP contribution in [0.2, 0.25) is 0 Å². The molecule has 1 spiro atoms. The maximum absolute atomic E-state index is 6.91. The van der Waals surface area contributed by atoms with Gasteiger partial charge in [-0.05, 0) is 54.6 Å². The monoisotopic (exact) mass is 550 g/mol. The van der Waals surface area contributed by atoms with Crippen LogP contribution in [0.25, 0.3) is 76.7 Å². The van der Waals surface area contributed by atoms with Crippen LogP contribution in [-0.4, -0.2) is 8.80 Å². The number of hydrogen-bond donors (Lipinski definition) is 0. The van der Waals surface area contributed by atoms with Gasteiger partial charge in [-0.2, -0.15) is 17.9 Å². The molecule has 1 atom stereocenters. The first-order valence-corrected chi connectivity index (χ1v) is 14.7. The molecule has 0 saturated carbocycles. The number of imidazole rings is 2. The molecule has 0 fully saturated rings. The van der Waals surface area contributed by atoms with E-state index in [1.807, 2.05) is 12.5 Å². The molecule has 5 aromatic heterocycles. The second-order valence-electron chi connectivity index (χ2n) is 12.2. The molecule has 6 heteroatoms. The van der Waals surface area contributed by atoms with Gasteiger partial charge in [-0.25, -0.2) is 0 Å². The summed E-state index contributed by atoms with van der Waals surface area (Å²) in [6, 6.07) is 35.3. The molecule has 0 amide bonds. The molecule has 3 aliphatic rings. The largest absolute Gasteiger partial charge is 0.467 e. The Kier molecular flexibility index (Phi) is 2.80. The average molecular weight is 551 g/mol. The third-order valence-electron chi connectivity index (χ3n) is 10.5. The van der Waals surface area contributed by atoms with Gasteiger partial charge in [0.25, 0.3) is 0 Å². The highest BCUT2D eigenvalue weighted by Gasteiger charge is 2.67. The molecule has 13 rings (SSSR count). The van der Waals surface area contributed by atoms with E-state index in [0.717, 1.165) is 27.9 Å². The fourth-order valence-electron chi connectivity index (χ4n) is 9.23. The molecule has 5 aromatic carbocycles. The number of aromatic nitrogens is 4. The lowest BCUT2D eigenvalue weighted by Crippen LogP contribution is -2.71. The summed E-state index contributed by atoms with van der Waals surface area (Å²) < 4.78 is 22.9. The molecule has 0 N–H and O–H groups in total. The minimum Gasteiger partial charge on any atom is -0.467 e. The summed E-state index contributed by atoms with van der Waals surface area (Å²) in [5.74, 6) is 1.83. The molecule has 0 radical (unpaired) electrons. The summed E-state index contributed by atoms with van der Waals surface area (Å²) in [6.07, 6.45) is 3.79. The van der Waals surface area contributed by atoms with Gasteiger partial charge in [-0.15, -0.1) is 0 Å². The van der Waals surface area contributed by atoms with Crippen molar-refractivity contribution in [3.05, 3.63) is 121 Å². The molecule has 6 nitrogen and oxygen atoms in total. The third kappa shape index (κ3) is 1.75. The lowest BCUT2D eigenvalue weighted by molar-refractivity contribution is -0.923. The van der Waals surface area contributed by atoms with Gasteiger partial charge in [-0.1, -0.05) is 42.5 Å². The van der Waals surface area contributed by atoms with Gasteiger partial charge in [0, 0.05) is 16.2 Å². The fraction of sp³-hybridized carbons (Fsp3) is 0.0270. The molecule has 10 aromatic rings. The third-order valence-corrected chi connectivity index (χ3v) is 10.5. The smallest absolute Gasteiger partial charge is 0.316 e. The van der Waals surface area contributed by atoms with Gasteiger partial charge in [-0.3, -0.25) is 0 Å². The Morgan fingerprint density at radius 2 is 1.05 bits per heavy atom. The molecule has 8 heterocycles. The molecular formula is C37H18N4O2+2. The van der Waals surface area contributed by atoms with E-state index in [9.17, 15) is 0 Å². The Morgan fingerprint density at radius 1 is 0.488 bits per heavy atom. The van der Waals surface area contributed by atoms with Crippen molar-refractivity contribution in [2.75, 3.05) is 0 Å². The van der Waals surface area contributed by atoms with E-state index >= 15 is 0 Å². The highest BCUT2D eigenvalue weighted by atomic mass is 16.5. The summed E-state index contributed by atoms with van der Waals surface area (Å²) >= 11 is 0. The normalized spacial score (nSPS) is 17.6. The van der Waals surface area contributed by atoms with Crippen LogP contribution in [-0.2, 0) is 5.66 Å². The molecule has 0 bridgehead atoms. The van der Waals surface area contributed by atoms with E-state index in [-0.39, 0.29) is 0 Å². The zero-order chi connectivity index (χ0) is 27.3. The number of ether oxygens (including phenoxy) is 1. The van der Waals surface area contributed by atoms with Crippen molar-refractivity contribution >= 4 is 76.7 Å². The van der Waals surface area contributed by atoms with Gasteiger partial charge in [0.1, 0.15) is 40.7 Å². The van der Waals surface area contributed by atoms with Crippen LogP contribution in [0.1, 0.15) is 11.1 Å². The van der Waals surface area contributed by atoms with E-state index in [2.05, 4.69) is 115 Å². The second-order valence-corrected chi connectivity index (χ2v) is 12.2. The standard InChI is InChI=1S/C37H18N4O2/c1-2-8-23-19(7-1)20-13-15-29-33-31(20)35-38(23)24-9-3-5-11-26(24)40(35)37(33)34-30(43-29)16-14-21-22-17-42-18-28(22)39-25-10-4-6-12-27(25)41(37)36(39)32(21)34/h1-18H/q+2. The number of fused-ring (bicyclic) bond motifs is 12. The maximum atomic E-state index is 6.91. The zero-order valence-electron chi connectivity index (χ0n) is 22.5. The van der Waals surface area contributed by atoms with E-state index in [4.69, 9.17) is 9.15 Å². The average Bonchev–Trinajstić information content (AvgIpc) is 3.85. The summed E-state index contributed by atoms with van der Waals surface area (Å²) in [6.45, 7) is 0. The van der Waals surface area contributed by atoms with Crippen molar-refractivity contribution in [2.45, 2.75) is 5.66 Å². The lowest BCUT2D eigenvalue weighted by atomic mass is 9.85. The Bertz CT molecular complexity index is 3050. The molecule has 196 valence electrons. The highest BCUT2D eigenvalue weighted by molar-refractivity contribution is 6.19. The van der Waals surface area contributed by atoms with E-state index in [0.29, 0.717) is 0 Å². The SMILES string of the molecule is c1ccc2c(c1)c1ccc3c4c1c1n2c2ccccc2[n+]1C41c2c(ccc4c5cocc5n5c6ccccc6[n+]1c5c24)O3. The van der Waals surface area contributed by atoms with Crippen molar-refractivity contribution in [1.29, 1.82) is 0 Å². The van der Waals surface area contributed by atoms with E-state index < -0.39 is 5.66 Å². The zero-order valence-corrected chi connectivity index (χ0v) is 22.5. The van der Waals surface area contributed by atoms with E-state index in [1.165, 1.54) is 71.4 Å². The van der Waals surface area contributed by atoms with Gasteiger partial charge < -0.3 is 9.15 Å². The molecule has 0 aliphatic carbocycles. The number of pyridine rings is 2. The van der Waals surface area contributed by atoms with Gasteiger partial charge in [0.05, 0.1) is 16.2 Å². The first kappa shape index (κ1) is 20.1. The number of para-hydroxylation sites is 5. The summed E-state index contributed by atoms with van der Waals surface area (Å²) in [4.78, 5) is 0. The van der Waals surface area contributed by atoms with Gasteiger partial charge >= 0.3 is 17.0 Å². The Hall–Kier alpha value is -5.88. The predicted molar refractivity (Wildman–Crippen MR) is 164 cm³/mol. The minimum absolute atomic E-state index is 0.678. The second kappa shape index (κ2) is 6.01. The molecular weight excluding hydrogens is 532 g/mol. The summed E-state index contributed by atoms with van der Waals surface area (Å²) in [7, 11) is 0. The predicted octanol–water partition coefficient (Wildman–Crippen LogP) is 7.31. The number of benzene rings is 5. The molecule has 43 heavy (non-hydrogen) atoms. The number of hydrogen-bond acceptors (Lipinski definition) is 2. The Labute approximate surface area is 241 Å². The van der Waals surface area contributed by atoms with Crippen LogP contribution in [0.3, 0.4) is 0 Å². The van der Waals surface area contributed by atoms with Crippen LogP contribution < -0.4 is 13.9 Å². The Balaban J connectivity index is 1.45. The van der Waals surface area contributed by atoms with Gasteiger partial charge in [0.15, 0.2) is 27.6 Å². The maximum Gasteiger partial charge on any atom is 0.316 e. The first-order valence-electron chi connectivity index (χ1n) is 14.7. The van der Waals surface area contributed by atoms with Crippen LogP contribution in [0.5, 0.6) is 11.5 Å². The topological polar surface area (TPSA) is 39.0 Å². The van der Waals surface area contributed by atoms with Crippen molar-refractivity contribution in [3.8, 4) is 11.5 Å². The van der Waals surface area contributed by atoms with Gasteiger partial charge in [0.2, 0.25) is 0 Å². The molecule has 1 unspecified atom stereocenters. The number of rotatable bonds is 0. The van der Waals surface area contributed by atoms with Crippen molar-refractivity contribution < 1.29 is 18.3 Å². The van der Waals surface area contributed by atoms with Crippen molar-refractivity contribution in [1.82, 2.24) is 8.80 Å². The van der Waals surface area contributed by atoms with Crippen LogP contribution in [0.4, 0.5) is 0 Å². The number of furan rings is 1. The Morgan fingerprint density at radius 3 is 1.72 bits per heavy atom. The van der Waals surface area contributed by atoms with Crippen molar-refractivity contribution in [2.24, 2.45) is 0 Å². The lowest BCUT2D eigenvalue weighted by Gasteiger charge is -2.31. The van der Waals surface area contributed by atoms with Crippen LogP contribution >= 0.6 is 0 Å². The summed E-state index contributed by atoms with van der Waals surface area (Å²) in [5.41, 5.74) is 11.2. The molecule has 3 aliphatic heterocycles. The van der Waals surface area contributed by atoms with Crippen molar-refractivity contribution in [3.63, 3.8) is 0 Å².